The molecule has 2 rings (SSSR count). The first kappa shape index (κ1) is 15.3. The minimum Gasteiger partial charge on any atom is -0.352 e. The summed E-state index contributed by atoms with van der Waals surface area (Å²) < 4.78 is 0. The minimum atomic E-state index is -0.0590. The summed E-state index contributed by atoms with van der Waals surface area (Å²) in [6, 6.07) is 0.355. The van der Waals surface area contributed by atoms with E-state index in [1.165, 1.54) is 19.3 Å². The van der Waals surface area contributed by atoms with Gasteiger partial charge in [0.1, 0.15) is 0 Å². The van der Waals surface area contributed by atoms with E-state index in [2.05, 4.69) is 10.6 Å². The van der Waals surface area contributed by atoms with Gasteiger partial charge in [0.25, 0.3) is 0 Å². The summed E-state index contributed by atoms with van der Waals surface area (Å²) in [6.45, 7) is 0.176. The number of carbonyl (C=O) groups excluding carboxylic acids is 2. The molecular weight excluding hydrogens is 254 g/mol. The van der Waals surface area contributed by atoms with E-state index in [9.17, 15) is 9.59 Å². The Morgan fingerprint density at radius 1 is 1.20 bits per heavy atom. The van der Waals surface area contributed by atoms with Crippen LogP contribution in [0.25, 0.3) is 0 Å². The lowest BCUT2D eigenvalue weighted by molar-refractivity contribution is -0.136. The Hall–Kier alpha value is -1.10. The maximum absolute atomic E-state index is 12.3. The second kappa shape index (κ2) is 6.57. The number of likely N-dealkylation sites (N-methyl/N-ethyl adjacent to an activating group) is 1. The largest absolute Gasteiger partial charge is 0.352 e. The van der Waals surface area contributed by atoms with Crippen LogP contribution in [0.15, 0.2) is 0 Å². The van der Waals surface area contributed by atoms with E-state index in [1.54, 1.807) is 11.9 Å². The van der Waals surface area contributed by atoms with E-state index >= 15 is 0 Å². The van der Waals surface area contributed by atoms with E-state index in [4.69, 9.17) is 0 Å². The zero-order valence-electron chi connectivity index (χ0n) is 12.7. The van der Waals surface area contributed by atoms with Crippen molar-refractivity contribution in [3.63, 3.8) is 0 Å². The van der Waals surface area contributed by atoms with Crippen LogP contribution in [-0.4, -0.2) is 48.9 Å². The summed E-state index contributed by atoms with van der Waals surface area (Å²) in [7, 11) is 3.67. The second-order valence-corrected chi connectivity index (χ2v) is 6.36. The summed E-state index contributed by atoms with van der Waals surface area (Å²) in [5, 5.41) is 6.27. The average Bonchev–Trinajstić information content (AvgIpc) is 3.23. The van der Waals surface area contributed by atoms with Gasteiger partial charge in [-0.3, -0.25) is 9.59 Å². The molecule has 0 saturated heterocycles. The van der Waals surface area contributed by atoms with Gasteiger partial charge in [-0.1, -0.05) is 19.3 Å². The molecule has 0 aromatic carbocycles. The van der Waals surface area contributed by atoms with Crippen LogP contribution >= 0.6 is 0 Å². The van der Waals surface area contributed by atoms with E-state index in [-0.39, 0.29) is 23.9 Å². The summed E-state index contributed by atoms with van der Waals surface area (Å²) in [6.07, 6.45) is 8.38. The Morgan fingerprint density at radius 3 is 2.40 bits per heavy atom. The third kappa shape index (κ3) is 4.20. The number of nitrogens with zero attached hydrogens (tertiary/aromatic N) is 1. The van der Waals surface area contributed by atoms with Crippen LogP contribution in [0.4, 0.5) is 0 Å². The van der Waals surface area contributed by atoms with Gasteiger partial charge in [-0.05, 0) is 32.7 Å². The predicted molar refractivity (Wildman–Crippen MR) is 78.3 cm³/mol. The van der Waals surface area contributed by atoms with Crippen molar-refractivity contribution in [3.8, 4) is 0 Å². The summed E-state index contributed by atoms with van der Waals surface area (Å²) >= 11 is 0. The lowest BCUT2D eigenvalue weighted by Gasteiger charge is -2.37. The molecule has 0 bridgehead atoms. The molecule has 2 fully saturated rings. The first-order valence-corrected chi connectivity index (χ1v) is 7.77. The molecule has 0 spiro atoms. The highest BCUT2D eigenvalue weighted by Crippen LogP contribution is 2.31. The first-order chi connectivity index (χ1) is 9.54. The highest BCUT2D eigenvalue weighted by molar-refractivity contribution is 5.85. The smallest absolute Gasteiger partial charge is 0.239 e. The van der Waals surface area contributed by atoms with Gasteiger partial charge in [-0.15, -0.1) is 0 Å². The molecule has 2 aliphatic rings. The molecule has 114 valence electrons. The van der Waals surface area contributed by atoms with E-state index in [0.717, 1.165) is 25.7 Å². The fourth-order valence-electron chi connectivity index (χ4n) is 2.97. The molecule has 0 aromatic rings. The highest BCUT2D eigenvalue weighted by Gasteiger charge is 2.34. The molecule has 2 N–H and O–H groups in total. The van der Waals surface area contributed by atoms with Crippen molar-refractivity contribution in [1.82, 2.24) is 15.5 Å². The Labute approximate surface area is 121 Å². The number of hydrogen-bond acceptors (Lipinski definition) is 3. The van der Waals surface area contributed by atoms with Crippen LogP contribution in [-0.2, 0) is 9.59 Å². The Morgan fingerprint density at radius 2 is 1.85 bits per heavy atom. The zero-order valence-corrected chi connectivity index (χ0v) is 12.7. The fourth-order valence-corrected chi connectivity index (χ4v) is 2.97. The zero-order chi connectivity index (χ0) is 14.6. The molecule has 0 atom stereocenters. The van der Waals surface area contributed by atoms with Gasteiger partial charge in [-0.25, -0.2) is 0 Å². The molecule has 0 radical (unpaired) electrons. The number of amides is 2. The summed E-state index contributed by atoms with van der Waals surface area (Å²) in [5.41, 5.74) is -0.0590. The maximum atomic E-state index is 12.3. The molecule has 2 aliphatic carbocycles. The highest BCUT2D eigenvalue weighted by atomic mass is 16.2. The molecule has 2 amide bonds. The molecule has 20 heavy (non-hydrogen) atoms. The third-order valence-electron chi connectivity index (χ3n) is 4.58. The van der Waals surface area contributed by atoms with Gasteiger partial charge in [0.05, 0.1) is 6.54 Å². The van der Waals surface area contributed by atoms with Gasteiger partial charge in [0.2, 0.25) is 11.8 Å². The van der Waals surface area contributed by atoms with Crippen molar-refractivity contribution >= 4 is 11.8 Å². The van der Waals surface area contributed by atoms with Gasteiger partial charge >= 0.3 is 0 Å². The van der Waals surface area contributed by atoms with Gasteiger partial charge in [0, 0.05) is 25.0 Å². The second-order valence-electron chi connectivity index (χ2n) is 6.36. The van der Waals surface area contributed by atoms with Gasteiger partial charge in [-0.2, -0.15) is 0 Å². The number of hydrogen-bond donors (Lipinski definition) is 2. The first-order valence-electron chi connectivity index (χ1n) is 7.77. The van der Waals surface area contributed by atoms with Crippen molar-refractivity contribution in [3.05, 3.63) is 0 Å². The number of rotatable bonds is 6. The minimum absolute atomic E-state index is 0.0366. The van der Waals surface area contributed by atoms with E-state index in [1.807, 2.05) is 7.05 Å². The Bertz CT molecular complexity index is 360. The molecular formula is C15H27N3O2. The molecule has 0 aliphatic heterocycles. The molecule has 5 heteroatoms. The maximum Gasteiger partial charge on any atom is 0.239 e. The van der Waals surface area contributed by atoms with Crippen LogP contribution < -0.4 is 10.6 Å². The quantitative estimate of drug-likeness (QED) is 0.764. The molecule has 2 saturated carbocycles. The molecule has 5 nitrogen and oxygen atoms in total. The third-order valence-corrected chi connectivity index (χ3v) is 4.58. The van der Waals surface area contributed by atoms with Crippen LogP contribution in [0.5, 0.6) is 0 Å². The lowest BCUT2D eigenvalue weighted by atomic mass is 9.79. The normalized spacial score (nSPS) is 21.3. The van der Waals surface area contributed by atoms with Crippen LogP contribution in [0.1, 0.15) is 51.4 Å². The van der Waals surface area contributed by atoms with Crippen molar-refractivity contribution in [2.75, 3.05) is 20.6 Å². The lowest BCUT2D eigenvalue weighted by Crippen LogP contribution is -2.49. The fraction of sp³-hybridized carbons (Fsp3) is 0.867. The molecule has 0 aromatic heterocycles. The van der Waals surface area contributed by atoms with Gasteiger partial charge < -0.3 is 15.5 Å². The van der Waals surface area contributed by atoms with Crippen LogP contribution in [0.2, 0.25) is 0 Å². The number of nitrogens with one attached hydrogen (secondary N) is 2. The predicted octanol–water partition coefficient (Wildman–Crippen LogP) is 1.04. The van der Waals surface area contributed by atoms with Gasteiger partial charge in [0.15, 0.2) is 0 Å². The van der Waals surface area contributed by atoms with Crippen LogP contribution in [0.3, 0.4) is 0 Å². The van der Waals surface area contributed by atoms with Crippen LogP contribution in [0, 0.1) is 0 Å². The molecule has 0 heterocycles. The summed E-state index contributed by atoms with van der Waals surface area (Å²) in [4.78, 5) is 25.6. The molecule has 0 unspecified atom stereocenters. The van der Waals surface area contributed by atoms with Crippen molar-refractivity contribution in [2.24, 2.45) is 0 Å². The number of carbonyl (C=O) groups is 2. The van der Waals surface area contributed by atoms with Crippen molar-refractivity contribution in [2.45, 2.75) is 62.9 Å². The van der Waals surface area contributed by atoms with E-state index < -0.39 is 0 Å². The standard InChI is InChI=1S/C15H27N3O2/c1-16-15(8-4-3-5-9-15)10-14(20)18(2)11-13(19)17-12-6-7-12/h12,16H,3-11H2,1-2H3,(H,17,19). The topological polar surface area (TPSA) is 61.4 Å². The SMILES string of the molecule is CNC1(CC(=O)N(C)CC(=O)NC2CC2)CCCCC1. The van der Waals surface area contributed by atoms with Crippen molar-refractivity contribution in [1.29, 1.82) is 0 Å². The van der Waals surface area contributed by atoms with E-state index in [0.29, 0.717) is 12.5 Å². The average molecular weight is 281 g/mol. The Kier molecular flexibility index (Phi) is 5.02. The Balaban J connectivity index is 1.80. The monoisotopic (exact) mass is 281 g/mol. The summed E-state index contributed by atoms with van der Waals surface area (Å²) in [5.74, 6) is 0.0256. The van der Waals surface area contributed by atoms with Crippen molar-refractivity contribution < 1.29 is 9.59 Å².